The van der Waals surface area contributed by atoms with Gasteiger partial charge in [-0.1, -0.05) is 19.9 Å². The lowest BCUT2D eigenvalue weighted by molar-refractivity contribution is -0.00522. The van der Waals surface area contributed by atoms with Crippen molar-refractivity contribution in [2.24, 2.45) is 5.92 Å². The number of hydrogen-bond donors (Lipinski definition) is 1. The summed E-state index contributed by atoms with van der Waals surface area (Å²) in [4.78, 5) is 17.1. The minimum Gasteiger partial charge on any atom is -0.481 e. The Labute approximate surface area is 211 Å². The molecule has 36 heavy (non-hydrogen) atoms. The number of esters is 1. The number of benzene rings is 1. The fourth-order valence-electron chi connectivity index (χ4n) is 4.64. The molecule has 0 aliphatic carbocycles. The number of rotatable bonds is 10. The van der Waals surface area contributed by atoms with E-state index < -0.39 is 23.9 Å². The number of methoxy groups -OCH3 is 2. The van der Waals surface area contributed by atoms with Gasteiger partial charge >= 0.3 is 5.97 Å². The number of aliphatic hydroxyl groups excluding tert-OH is 1. The molecular weight excluding hydrogens is 465 g/mol. The van der Waals surface area contributed by atoms with Crippen LogP contribution < -0.4 is 4.74 Å². The third kappa shape index (κ3) is 5.12. The molecular formula is C27H34FN3O5. The Kier molecular flexibility index (Phi) is 8.81. The van der Waals surface area contributed by atoms with Crippen molar-refractivity contribution in [3.05, 3.63) is 53.1 Å². The number of carbonyl (C=O) groups excluding carboxylic acids is 1. The van der Waals surface area contributed by atoms with Crippen molar-refractivity contribution in [1.82, 2.24) is 14.8 Å². The summed E-state index contributed by atoms with van der Waals surface area (Å²) in [6.07, 6.45) is 2.45. The average Bonchev–Trinajstić information content (AvgIpc) is 3.26. The molecule has 3 rings (SSSR count). The lowest BCUT2D eigenvalue weighted by Gasteiger charge is -2.30. The van der Waals surface area contributed by atoms with E-state index in [1.807, 2.05) is 27.7 Å². The van der Waals surface area contributed by atoms with Crippen molar-refractivity contribution in [2.75, 3.05) is 27.4 Å². The molecule has 8 nitrogen and oxygen atoms in total. The lowest BCUT2D eigenvalue weighted by atomic mass is 9.94. The van der Waals surface area contributed by atoms with Crippen molar-refractivity contribution in [1.29, 1.82) is 0 Å². The van der Waals surface area contributed by atoms with Gasteiger partial charge < -0.3 is 19.3 Å². The smallest absolute Gasteiger partial charge is 0.341 e. The Bertz CT molecular complexity index is 1220. The van der Waals surface area contributed by atoms with Crippen molar-refractivity contribution < 1.29 is 28.5 Å². The molecule has 0 aliphatic rings. The highest BCUT2D eigenvalue weighted by Gasteiger charge is 2.32. The normalized spacial score (nSPS) is 13.1. The minimum atomic E-state index is -0.615. The van der Waals surface area contributed by atoms with Crippen LogP contribution in [0.1, 0.15) is 48.3 Å². The number of aliphatic hydroxyl groups is 1. The molecule has 0 fully saturated rings. The lowest BCUT2D eigenvalue weighted by Crippen LogP contribution is -2.34. The van der Waals surface area contributed by atoms with Gasteiger partial charge in [0.2, 0.25) is 5.88 Å². The maximum atomic E-state index is 15.9. The summed E-state index contributed by atoms with van der Waals surface area (Å²) in [7, 11) is 3.04. The zero-order valence-corrected chi connectivity index (χ0v) is 21.8. The molecule has 9 heteroatoms. The Balaban J connectivity index is 2.24. The van der Waals surface area contributed by atoms with E-state index in [0.717, 1.165) is 16.7 Å². The van der Waals surface area contributed by atoms with Gasteiger partial charge in [-0.2, -0.15) is 5.10 Å². The van der Waals surface area contributed by atoms with Gasteiger partial charge in [0.1, 0.15) is 17.5 Å². The molecule has 0 radical (unpaired) electrons. The molecule has 0 amide bonds. The summed E-state index contributed by atoms with van der Waals surface area (Å²) in [5.74, 6) is -0.715. The first-order chi connectivity index (χ1) is 17.2. The van der Waals surface area contributed by atoms with Gasteiger partial charge in [-0.3, -0.25) is 4.68 Å². The molecule has 3 aromatic rings. The average molecular weight is 500 g/mol. The van der Waals surface area contributed by atoms with Crippen LogP contribution in [0.4, 0.5) is 4.39 Å². The molecule has 2 atom stereocenters. The fraction of sp³-hybridized carbons (Fsp3) is 0.444. The fourth-order valence-corrected chi connectivity index (χ4v) is 4.64. The van der Waals surface area contributed by atoms with Crippen LogP contribution >= 0.6 is 0 Å². The van der Waals surface area contributed by atoms with Crippen LogP contribution in [0.3, 0.4) is 0 Å². The van der Waals surface area contributed by atoms with Gasteiger partial charge in [0.15, 0.2) is 0 Å². The molecule has 194 valence electrons. The molecule has 0 spiro atoms. The first-order valence-electron chi connectivity index (χ1n) is 11.9. The van der Waals surface area contributed by atoms with Gasteiger partial charge in [0.05, 0.1) is 38.3 Å². The van der Waals surface area contributed by atoms with Crippen molar-refractivity contribution in [2.45, 2.75) is 46.8 Å². The molecule has 0 aliphatic heterocycles. The second kappa shape index (κ2) is 11.6. The van der Waals surface area contributed by atoms with Gasteiger partial charge in [-0.05, 0) is 55.5 Å². The monoisotopic (exact) mass is 499 g/mol. The molecule has 1 aromatic carbocycles. The van der Waals surface area contributed by atoms with Crippen LogP contribution in [0.15, 0.2) is 30.6 Å². The standard InChI is InChI=1S/C27H34FN3O5/c1-8-36-27(33)20-13-30-31(24(15(2)3)22(14-32)34-6)25(20)19-10-9-18(11-21(19)28)23-16(4)12-29-26(35-7)17(23)5/h9-13,15,22,24,32H,8,14H2,1-7H3/t22-,24-/m1/s1. The minimum absolute atomic E-state index is 0.0484. The number of ether oxygens (including phenoxy) is 3. The molecule has 0 bridgehead atoms. The van der Waals surface area contributed by atoms with Crippen molar-refractivity contribution in [3.63, 3.8) is 0 Å². The van der Waals surface area contributed by atoms with Crippen molar-refractivity contribution >= 4 is 5.97 Å². The topological polar surface area (TPSA) is 95.7 Å². The largest absolute Gasteiger partial charge is 0.481 e. The quantitative estimate of drug-likeness (QED) is 0.402. The summed E-state index contributed by atoms with van der Waals surface area (Å²) in [5, 5.41) is 14.4. The van der Waals surface area contributed by atoms with E-state index in [1.165, 1.54) is 19.4 Å². The number of aromatic nitrogens is 3. The summed E-state index contributed by atoms with van der Waals surface area (Å²) < 4.78 is 33.5. The number of pyridine rings is 1. The van der Waals surface area contributed by atoms with Gasteiger partial charge in [0, 0.05) is 24.4 Å². The van der Waals surface area contributed by atoms with Gasteiger partial charge in [0.25, 0.3) is 0 Å². The first-order valence-corrected chi connectivity index (χ1v) is 11.9. The molecule has 2 heterocycles. The molecule has 0 saturated heterocycles. The summed E-state index contributed by atoms with van der Waals surface area (Å²) in [6, 6.07) is 4.39. The number of hydrogen-bond acceptors (Lipinski definition) is 7. The Hall–Kier alpha value is -3.30. The predicted molar refractivity (Wildman–Crippen MR) is 135 cm³/mol. The van der Waals surface area contributed by atoms with E-state index in [4.69, 9.17) is 14.2 Å². The molecule has 1 N–H and O–H groups in total. The number of halogens is 1. The van der Waals surface area contributed by atoms with Crippen LogP contribution in [0.2, 0.25) is 0 Å². The molecule has 0 unspecified atom stereocenters. The van der Waals surface area contributed by atoms with Crippen LogP contribution in [0.25, 0.3) is 22.4 Å². The van der Waals surface area contributed by atoms with Crippen LogP contribution in [0, 0.1) is 25.6 Å². The number of carbonyl (C=O) groups is 1. The highest BCUT2D eigenvalue weighted by molar-refractivity contribution is 5.96. The zero-order chi connectivity index (χ0) is 26.6. The zero-order valence-electron chi connectivity index (χ0n) is 21.8. The Morgan fingerprint density at radius 3 is 2.47 bits per heavy atom. The van der Waals surface area contributed by atoms with Gasteiger partial charge in [-0.15, -0.1) is 0 Å². The number of nitrogens with zero attached hydrogens (tertiary/aromatic N) is 3. The molecule has 2 aromatic heterocycles. The maximum Gasteiger partial charge on any atom is 0.341 e. The van der Waals surface area contributed by atoms with Crippen molar-refractivity contribution in [3.8, 4) is 28.3 Å². The van der Waals surface area contributed by atoms with E-state index in [0.29, 0.717) is 11.4 Å². The summed E-state index contributed by atoms with van der Waals surface area (Å²) in [5.41, 5.74) is 3.75. The first kappa shape index (κ1) is 27.3. The molecule has 0 saturated carbocycles. The SMILES string of the molecule is CCOC(=O)c1cnn([C@H](C(C)C)[C@@H](CO)OC)c1-c1ccc(-c2c(C)cnc(OC)c2C)cc1F. The Morgan fingerprint density at radius 1 is 1.19 bits per heavy atom. The van der Waals surface area contributed by atoms with E-state index in [2.05, 4.69) is 10.1 Å². The maximum absolute atomic E-state index is 15.9. The van der Waals surface area contributed by atoms with E-state index in [1.54, 1.807) is 37.0 Å². The van der Waals surface area contributed by atoms with E-state index in [-0.39, 0.29) is 36.0 Å². The summed E-state index contributed by atoms with van der Waals surface area (Å²) >= 11 is 0. The van der Waals surface area contributed by atoms with E-state index in [9.17, 15) is 9.90 Å². The summed E-state index contributed by atoms with van der Waals surface area (Å²) in [6.45, 7) is 9.28. The highest BCUT2D eigenvalue weighted by atomic mass is 19.1. The second-order valence-corrected chi connectivity index (χ2v) is 8.91. The Morgan fingerprint density at radius 2 is 1.92 bits per heavy atom. The van der Waals surface area contributed by atoms with Crippen LogP contribution in [-0.4, -0.2) is 59.4 Å². The predicted octanol–water partition coefficient (Wildman–Crippen LogP) is 4.76. The van der Waals surface area contributed by atoms with E-state index >= 15 is 4.39 Å². The van der Waals surface area contributed by atoms with Crippen LogP contribution in [0.5, 0.6) is 5.88 Å². The third-order valence-corrected chi connectivity index (χ3v) is 6.29. The third-order valence-electron chi connectivity index (χ3n) is 6.29. The highest BCUT2D eigenvalue weighted by Crippen LogP contribution is 2.37. The van der Waals surface area contributed by atoms with Gasteiger partial charge in [-0.25, -0.2) is 14.2 Å². The van der Waals surface area contributed by atoms with Crippen LogP contribution in [-0.2, 0) is 9.47 Å². The number of aryl methyl sites for hydroxylation is 1. The second-order valence-electron chi connectivity index (χ2n) is 8.91.